The molecule has 1 aliphatic carbocycles. The van der Waals surface area contributed by atoms with Crippen molar-refractivity contribution in [3.05, 3.63) is 29.6 Å². The van der Waals surface area contributed by atoms with E-state index in [-0.39, 0.29) is 0 Å². The Balaban J connectivity index is 2.13. The number of rotatable bonds is 3. The van der Waals surface area contributed by atoms with E-state index in [0.717, 1.165) is 0 Å². The summed E-state index contributed by atoms with van der Waals surface area (Å²) in [5.74, 6) is 0.675. The maximum Gasteiger partial charge on any atom is 0.0605 e. The van der Waals surface area contributed by atoms with E-state index in [4.69, 9.17) is 0 Å². The number of pyridine rings is 1. The Hall–Kier alpha value is -0.890. The minimum absolute atomic E-state index is 0.461. The Bertz CT molecular complexity index is 346. The zero-order valence-corrected chi connectivity index (χ0v) is 10.5. The van der Waals surface area contributed by atoms with Crippen LogP contribution >= 0.6 is 0 Å². The highest BCUT2D eigenvalue weighted by atomic mass is 15.0. The van der Waals surface area contributed by atoms with Gasteiger partial charge in [0.05, 0.1) is 5.69 Å². The second-order valence-electron chi connectivity index (χ2n) is 5.19. The van der Waals surface area contributed by atoms with Crippen LogP contribution in [0.1, 0.15) is 50.9 Å². The molecule has 1 N–H and O–H groups in total. The van der Waals surface area contributed by atoms with Crippen molar-refractivity contribution in [1.29, 1.82) is 0 Å². The number of hydrogen-bond acceptors (Lipinski definition) is 2. The summed E-state index contributed by atoms with van der Waals surface area (Å²) in [7, 11) is 0. The van der Waals surface area contributed by atoms with Gasteiger partial charge in [-0.3, -0.25) is 4.98 Å². The van der Waals surface area contributed by atoms with E-state index in [1.54, 1.807) is 0 Å². The average Bonchev–Trinajstić information content (AvgIpc) is 2.29. The quantitative estimate of drug-likeness (QED) is 0.843. The average molecular weight is 218 g/mol. The normalized spacial score (nSPS) is 21.9. The van der Waals surface area contributed by atoms with Crippen LogP contribution in [-0.4, -0.2) is 11.0 Å². The number of nitrogens with zero attached hydrogens (tertiary/aromatic N) is 1. The Kier molecular flexibility index (Phi) is 3.59. The third kappa shape index (κ3) is 2.43. The van der Waals surface area contributed by atoms with Crippen molar-refractivity contribution >= 4 is 0 Å². The summed E-state index contributed by atoms with van der Waals surface area (Å²) in [4.78, 5) is 4.55. The molecule has 0 radical (unpaired) electrons. The predicted molar refractivity (Wildman–Crippen MR) is 67.4 cm³/mol. The molecule has 0 bridgehead atoms. The maximum atomic E-state index is 4.55. The van der Waals surface area contributed by atoms with E-state index < -0.39 is 0 Å². The number of hydrogen-bond donors (Lipinski definition) is 1. The molecule has 0 saturated carbocycles. The van der Waals surface area contributed by atoms with E-state index in [0.29, 0.717) is 18.0 Å². The van der Waals surface area contributed by atoms with E-state index in [1.807, 2.05) is 12.3 Å². The molecule has 0 aromatic carbocycles. The van der Waals surface area contributed by atoms with Crippen molar-refractivity contribution in [1.82, 2.24) is 10.3 Å². The lowest BCUT2D eigenvalue weighted by atomic mass is 9.90. The molecule has 1 aromatic rings. The molecule has 2 rings (SSSR count). The van der Waals surface area contributed by atoms with E-state index in [2.05, 4.69) is 37.1 Å². The van der Waals surface area contributed by atoms with Gasteiger partial charge in [-0.1, -0.05) is 19.9 Å². The predicted octanol–water partition coefficient (Wildman–Crippen LogP) is 3.09. The molecule has 1 aromatic heterocycles. The molecule has 0 amide bonds. The van der Waals surface area contributed by atoms with Gasteiger partial charge in [0, 0.05) is 18.3 Å². The largest absolute Gasteiger partial charge is 0.306 e. The monoisotopic (exact) mass is 218 g/mol. The van der Waals surface area contributed by atoms with Gasteiger partial charge >= 0.3 is 0 Å². The van der Waals surface area contributed by atoms with Gasteiger partial charge in [0.2, 0.25) is 0 Å². The van der Waals surface area contributed by atoms with Crippen molar-refractivity contribution in [3.63, 3.8) is 0 Å². The van der Waals surface area contributed by atoms with Gasteiger partial charge in [0.15, 0.2) is 0 Å². The SMILES string of the molecule is CC(C)C(C)NC1CCCc2cccnc21. The topological polar surface area (TPSA) is 24.9 Å². The lowest BCUT2D eigenvalue weighted by molar-refractivity contribution is 0.345. The molecule has 1 heterocycles. The minimum atomic E-state index is 0.461. The summed E-state index contributed by atoms with van der Waals surface area (Å²) in [6, 6.07) is 5.28. The molecule has 1 aliphatic rings. The second kappa shape index (κ2) is 4.96. The first kappa shape index (κ1) is 11.6. The molecule has 2 nitrogen and oxygen atoms in total. The number of nitrogens with one attached hydrogen (secondary N) is 1. The summed E-state index contributed by atoms with van der Waals surface area (Å²) in [5.41, 5.74) is 2.71. The van der Waals surface area contributed by atoms with Gasteiger partial charge in [0.1, 0.15) is 0 Å². The molecule has 2 heteroatoms. The summed E-state index contributed by atoms with van der Waals surface area (Å²) in [5, 5.41) is 3.71. The molecule has 2 atom stereocenters. The number of aryl methyl sites for hydroxylation is 1. The van der Waals surface area contributed by atoms with E-state index >= 15 is 0 Å². The Morgan fingerprint density at radius 2 is 2.19 bits per heavy atom. The van der Waals surface area contributed by atoms with Crippen molar-refractivity contribution in [2.45, 2.75) is 52.1 Å². The number of aromatic nitrogens is 1. The van der Waals surface area contributed by atoms with Gasteiger partial charge in [-0.25, -0.2) is 0 Å². The molecule has 88 valence electrons. The fourth-order valence-electron chi connectivity index (χ4n) is 2.28. The minimum Gasteiger partial charge on any atom is -0.306 e. The standard InChI is InChI=1S/C14H22N2/c1-10(2)11(3)16-13-8-4-6-12-7-5-9-15-14(12)13/h5,7,9-11,13,16H,4,6,8H2,1-3H3. The zero-order chi connectivity index (χ0) is 11.5. The van der Waals surface area contributed by atoms with Crippen molar-refractivity contribution < 1.29 is 0 Å². The van der Waals surface area contributed by atoms with Crippen LogP contribution < -0.4 is 5.32 Å². The van der Waals surface area contributed by atoms with E-state index in [9.17, 15) is 0 Å². The van der Waals surface area contributed by atoms with Gasteiger partial charge in [-0.15, -0.1) is 0 Å². The summed E-state index contributed by atoms with van der Waals surface area (Å²) < 4.78 is 0. The Morgan fingerprint density at radius 1 is 1.38 bits per heavy atom. The van der Waals surface area contributed by atoms with Gasteiger partial charge in [0.25, 0.3) is 0 Å². The van der Waals surface area contributed by atoms with Crippen LogP contribution in [0.15, 0.2) is 18.3 Å². The first-order valence-electron chi connectivity index (χ1n) is 6.38. The molecule has 0 fully saturated rings. The third-order valence-corrected chi connectivity index (χ3v) is 3.66. The smallest absolute Gasteiger partial charge is 0.0605 e. The maximum absolute atomic E-state index is 4.55. The molecule has 16 heavy (non-hydrogen) atoms. The van der Waals surface area contributed by atoms with Crippen LogP contribution in [0.4, 0.5) is 0 Å². The highest BCUT2D eigenvalue weighted by Crippen LogP contribution is 2.28. The summed E-state index contributed by atoms with van der Waals surface area (Å²) in [6.45, 7) is 6.79. The van der Waals surface area contributed by atoms with Crippen LogP contribution in [0, 0.1) is 5.92 Å². The highest BCUT2D eigenvalue weighted by molar-refractivity contribution is 5.25. The van der Waals surface area contributed by atoms with Crippen molar-refractivity contribution in [2.24, 2.45) is 5.92 Å². The lowest BCUT2D eigenvalue weighted by Gasteiger charge is -2.29. The van der Waals surface area contributed by atoms with Crippen LogP contribution in [0.5, 0.6) is 0 Å². The highest BCUT2D eigenvalue weighted by Gasteiger charge is 2.22. The third-order valence-electron chi connectivity index (χ3n) is 3.66. The zero-order valence-electron chi connectivity index (χ0n) is 10.5. The van der Waals surface area contributed by atoms with Gasteiger partial charge in [-0.2, -0.15) is 0 Å². The fraction of sp³-hybridized carbons (Fsp3) is 0.643. The lowest BCUT2D eigenvalue weighted by Crippen LogP contribution is -2.36. The van der Waals surface area contributed by atoms with Gasteiger partial charge < -0.3 is 5.32 Å². The molecule has 2 unspecified atom stereocenters. The van der Waals surface area contributed by atoms with Gasteiger partial charge in [-0.05, 0) is 43.7 Å². The molecular weight excluding hydrogens is 196 g/mol. The van der Waals surface area contributed by atoms with Crippen LogP contribution in [0.25, 0.3) is 0 Å². The molecule has 0 aliphatic heterocycles. The fourth-order valence-corrected chi connectivity index (χ4v) is 2.28. The molecular formula is C14H22N2. The Labute approximate surface area is 98.5 Å². The molecule has 0 saturated heterocycles. The van der Waals surface area contributed by atoms with Crippen LogP contribution in [0.3, 0.4) is 0 Å². The first-order valence-corrected chi connectivity index (χ1v) is 6.38. The van der Waals surface area contributed by atoms with Crippen LogP contribution in [0.2, 0.25) is 0 Å². The van der Waals surface area contributed by atoms with Crippen molar-refractivity contribution in [3.8, 4) is 0 Å². The summed E-state index contributed by atoms with van der Waals surface area (Å²) in [6.07, 6.45) is 5.61. The molecule has 0 spiro atoms. The number of fused-ring (bicyclic) bond motifs is 1. The van der Waals surface area contributed by atoms with E-state index in [1.165, 1.54) is 30.5 Å². The Morgan fingerprint density at radius 3 is 2.94 bits per heavy atom. The first-order chi connectivity index (χ1) is 7.68. The second-order valence-corrected chi connectivity index (χ2v) is 5.19. The van der Waals surface area contributed by atoms with Crippen molar-refractivity contribution in [2.75, 3.05) is 0 Å². The van der Waals surface area contributed by atoms with Crippen LogP contribution in [-0.2, 0) is 6.42 Å². The summed E-state index contributed by atoms with van der Waals surface area (Å²) >= 11 is 0.